The zero-order valence-electron chi connectivity index (χ0n) is 13.1. The van der Waals surface area contributed by atoms with Crippen molar-refractivity contribution in [2.75, 3.05) is 31.1 Å². The number of carbonyl (C=O) groups is 1. The predicted octanol–water partition coefficient (Wildman–Crippen LogP) is 3.72. The van der Waals surface area contributed by atoms with Gasteiger partial charge in [-0.1, -0.05) is 29.5 Å². The van der Waals surface area contributed by atoms with Crippen LogP contribution in [0, 0.1) is 0 Å². The molecule has 1 aliphatic rings. The van der Waals surface area contributed by atoms with Crippen LogP contribution >= 0.6 is 22.7 Å². The monoisotopic (exact) mass is 355 g/mol. The summed E-state index contributed by atoms with van der Waals surface area (Å²) in [5.41, 5.74) is 1.05. The van der Waals surface area contributed by atoms with Gasteiger partial charge in [-0.15, -0.1) is 11.3 Å². The zero-order valence-corrected chi connectivity index (χ0v) is 14.7. The van der Waals surface area contributed by atoms with E-state index in [0.29, 0.717) is 0 Å². The molecule has 3 aromatic rings. The third kappa shape index (κ3) is 3.20. The van der Waals surface area contributed by atoms with Gasteiger partial charge >= 0.3 is 0 Å². The standard InChI is InChI=1S/C18H17N3OS2/c22-17(8-7-14-4-3-13-23-14)20-9-11-21(12-10-20)18-19-15-5-1-2-6-16(15)24-18/h1-8,13H,9-12H2. The van der Waals surface area contributed by atoms with Crippen molar-refractivity contribution in [3.63, 3.8) is 0 Å². The lowest BCUT2D eigenvalue weighted by molar-refractivity contribution is -0.126. The lowest BCUT2D eigenvalue weighted by atomic mass is 10.3. The predicted molar refractivity (Wildman–Crippen MR) is 102 cm³/mol. The van der Waals surface area contributed by atoms with E-state index in [1.165, 1.54) is 4.70 Å². The minimum Gasteiger partial charge on any atom is -0.345 e. The summed E-state index contributed by atoms with van der Waals surface area (Å²) in [6, 6.07) is 12.2. The summed E-state index contributed by atoms with van der Waals surface area (Å²) in [5, 5.41) is 3.07. The van der Waals surface area contributed by atoms with E-state index in [1.54, 1.807) is 28.7 Å². The highest BCUT2D eigenvalue weighted by Crippen LogP contribution is 2.29. The summed E-state index contributed by atoms with van der Waals surface area (Å²) in [6.45, 7) is 3.14. The lowest BCUT2D eigenvalue weighted by Gasteiger charge is -2.34. The van der Waals surface area contributed by atoms with E-state index >= 15 is 0 Å². The van der Waals surface area contributed by atoms with Crippen LogP contribution in [0.3, 0.4) is 0 Å². The summed E-state index contributed by atoms with van der Waals surface area (Å²) >= 11 is 3.36. The summed E-state index contributed by atoms with van der Waals surface area (Å²) in [5.74, 6) is 0.0901. The molecule has 4 rings (SSSR count). The van der Waals surface area contributed by atoms with Crippen molar-refractivity contribution < 1.29 is 4.79 Å². The minimum absolute atomic E-state index is 0.0901. The van der Waals surface area contributed by atoms with Crippen LogP contribution in [0.4, 0.5) is 5.13 Å². The zero-order chi connectivity index (χ0) is 16.4. The van der Waals surface area contributed by atoms with Crippen LogP contribution in [0.2, 0.25) is 0 Å². The summed E-state index contributed by atoms with van der Waals surface area (Å²) in [7, 11) is 0. The first-order valence-corrected chi connectivity index (χ1v) is 9.60. The third-order valence-electron chi connectivity index (χ3n) is 4.08. The van der Waals surface area contributed by atoms with E-state index in [9.17, 15) is 4.79 Å². The highest BCUT2D eigenvalue weighted by atomic mass is 32.1. The number of thiophene rings is 1. The second-order valence-electron chi connectivity index (χ2n) is 5.63. The van der Waals surface area contributed by atoms with Crippen molar-refractivity contribution in [2.24, 2.45) is 0 Å². The molecule has 0 aliphatic carbocycles. The van der Waals surface area contributed by atoms with E-state index in [0.717, 1.165) is 41.7 Å². The van der Waals surface area contributed by atoms with Gasteiger partial charge in [0, 0.05) is 37.1 Å². The highest BCUT2D eigenvalue weighted by molar-refractivity contribution is 7.22. The number of piperazine rings is 1. The fourth-order valence-electron chi connectivity index (χ4n) is 2.76. The van der Waals surface area contributed by atoms with Crippen LogP contribution in [0.15, 0.2) is 47.9 Å². The molecule has 3 heterocycles. The smallest absolute Gasteiger partial charge is 0.246 e. The van der Waals surface area contributed by atoms with Gasteiger partial charge in [0.2, 0.25) is 5.91 Å². The number of hydrogen-bond donors (Lipinski definition) is 0. The second-order valence-corrected chi connectivity index (χ2v) is 7.61. The van der Waals surface area contributed by atoms with Gasteiger partial charge in [0.15, 0.2) is 5.13 Å². The lowest BCUT2D eigenvalue weighted by Crippen LogP contribution is -2.48. The molecule has 122 valence electrons. The maximum atomic E-state index is 12.3. The number of nitrogens with zero attached hydrogens (tertiary/aromatic N) is 3. The van der Waals surface area contributed by atoms with E-state index in [1.807, 2.05) is 46.7 Å². The van der Waals surface area contributed by atoms with Gasteiger partial charge < -0.3 is 9.80 Å². The fraction of sp³-hybridized carbons (Fsp3) is 0.222. The van der Waals surface area contributed by atoms with Gasteiger partial charge in [-0.2, -0.15) is 0 Å². The molecule has 0 saturated carbocycles. The number of para-hydroxylation sites is 1. The first kappa shape index (κ1) is 15.4. The minimum atomic E-state index is 0.0901. The van der Waals surface area contributed by atoms with Crippen LogP contribution in [-0.2, 0) is 4.79 Å². The molecule has 0 atom stereocenters. The molecule has 6 heteroatoms. The molecule has 1 amide bonds. The van der Waals surface area contributed by atoms with Crippen molar-refractivity contribution >= 4 is 50.0 Å². The Morgan fingerprint density at radius 1 is 1.08 bits per heavy atom. The first-order valence-electron chi connectivity index (χ1n) is 7.90. The number of hydrogen-bond acceptors (Lipinski definition) is 5. The largest absolute Gasteiger partial charge is 0.345 e. The van der Waals surface area contributed by atoms with Crippen LogP contribution in [0.25, 0.3) is 16.3 Å². The van der Waals surface area contributed by atoms with E-state index in [4.69, 9.17) is 4.98 Å². The first-order chi connectivity index (χ1) is 11.8. The number of fused-ring (bicyclic) bond motifs is 1. The van der Waals surface area contributed by atoms with Crippen LogP contribution < -0.4 is 4.90 Å². The Morgan fingerprint density at radius 3 is 2.67 bits per heavy atom. The average Bonchev–Trinajstić information content (AvgIpc) is 3.29. The number of rotatable bonds is 3. The molecule has 0 unspecified atom stereocenters. The molecule has 2 aromatic heterocycles. The molecule has 0 radical (unpaired) electrons. The summed E-state index contributed by atoms with van der Waals surface area (Å²) in [4.78, 5) is 22.3. The number of carbonyl (C=O) groups excluding carboxylic acids is 1. The van der Waals surface area contributed by atoms with Crippen molar-refractivity contribution in [2.45, 2.75) is 0 Å². The van der Waals surface area contributed by atoms with Crippen LogP contribution in [0.1, 0.15) is 4.88 Å². The number of amides is 1. The van der Waals surface area contributed by atoms with Gasteiger partial charge in [-0.25, -0.2) is 4.98 Å². The molecule has 0 bridgehead atoms. The van der Waals surface area contributed by atoms with Gasteiger partial charge in [-0.05, 0) is 29.7 Å². The number of benzene rings is 1. The molecular formula is C18H17N3OS2. The highest BCUT2D eigenvalue weighted by Gasteiger charge is 2.21. The van der Waals surface area contributed by atoms with Gasteiger partial charge in [0.1, 0.15) is 0 Å². The maximum Gasteiger partial charge on any atom is 0.246 e. The summed E-state index contributed by atoms with van der Waals surface area (Å²) in [6.07, 6.45) is 3.58. The Balaban J connectivity index is 1.38. The Morgan fingerprint density at radius 2 is 1.92 bits per heavy atom. The van der Waals surface area contributed by atoms with Gasteiger partial charge in [-0.3, -0.25) is 4.79 Å². The molecule has 1 fully saturated rings. The fourth-order valence-corrected chi connectivity index (χ4v) is 4.39. The molecule has 4 nitrogen and oxygen atoms in total. The average molecular weight is 355 g/mol. The van der Waals surface area contributed by atoms with E-state index < -0.39 is 0 Å². The van der Waals surface area contributed by atoms with E-state index in [-0.39, 0.29) is 5.91 Å². The van der Waals surface area contributed by atoms with Crippen molar-refractivity contribution in [1.29, 1.82) is 0 Å². The van der Waals surface area contributed by atoms with Gasteiger partial charge in [0.25, 0.3) is 0 Å². The number of aromatic nitrogens is 1. The maximum absolute atomic E-state index is 12.3. The molecule has 24 heavy (non-hydrogen) atoms. The normalized spacial score (nSPS) is 15.5. The molecule has 0 N–H and O–H groups in total. The molecular weight excluding hydrogens is 338 g/mol. The van der Waals surface area contributed by atoms with Crippen molar-refractivity contribution in [3.05, 3.63) is 52.7 Å². The van der Waals surface area contributed by atoms with Crippen LogP contribution in [0.5, 0.6) is 0 Å². The van der Waals surface area contributed by atoms with Crippen LogP contribution in [-0.4, -0.2) is 42.0 Å². The Kier molecular flexibility index (Phi) is 4.32. The molecule has 1 aromatic carbocycles. The molecule has 1 saturated heterocycles. The SMILES string of the molecule is O=C(C=Cc1cccs1)N1CCN(c2nc3ccccc3s2)CC1. The summed E-state index contributed by atoms with van der Waals surface area (Å²) < 4.78 is 1.21. The number of thiazole rings is 1. The quantitative estimate of drug-likeness (QED) is 0.672. The van der Waals surface area contributed by atoms with E-state index in [2.05, 4.69) is 11.0 Å². The number of anilines is 1. The topological polar surface area (TPSA) is 36.4 Å². The van der Waals surface area contributed by atoms with Gasteiger partial charge in [0.05, 0.1) is 10.2 Å². The third-order valence-corrected chi connectivity index (χ3v) is 6.01. The Hall–Kier alpha value is -2.18. The Bertz CT molecular complexity index is 828. The van der Waals surface area contributed by atoms with Crippen molar-refractivity contribution in [3.8, 4) is 0 Å². The molecule has 0 spiro atoms. The molecule has 1 aliphatic heterocycles. The van der Waals surface area contributed by atoms with Crippen molar-refractivity contribution in [1.82, 2.24) is 9.88 Å². The second kappa shape index (κ2) is 6.75. The Labute approximate surface area is 148 Å².